The lowest BCUT2D eigenvalue weighted by atomic mass is 9.99. The molecule has 1 saturated heterocycles. The highest BCUT2D eigenvalue weighted by Gasteiger charge is 2.19. The van der Waals surface area contributed by atoms with Gasteiger partial charge in [-0.25, -0.2) is 0 Å². The van der Waals surface area contributed by atoms with E-state index in [4.69, 9.17) is 0 Å². The molecule has 0 unspecified atom stereocenters. The van der Waals surface area contributed by atoms with E-state index >= 15 is 0 Å². The summed E-state index contributed by atoms with van der Waals surface area (Å²) >= 11 is 0. The molecule has 1 aromatic heterocycles. The fourth-order valence-corrected chi connectivity index (χ4v) is 3.66. The summed E-state index contributed by atoms with van der Waals surface area (Å²) < 4.78 is 0. The van der Waals surface area contributed by atoms with E-state index in [1.165, 1.54) is 42.6 Å². The molecule has 0 amide bonds. The molecule has 0 bridgehead atoms. The van der Waals surface area contributed by atoms with Crippen LogP contribution in [-0.2, 0) is 0 Å². The molecule has 3 aromatic rings. The maximum atomic E-state index is 4.42. The van der Waals surface area contributed by atoms with Crippen LogP contribution < -0.4 is 0 Å². The Morgan fingerprint density at radius 3 is 1.96 bits per heavy atom. The summed E-state index contributed by atoms with van der Waals surface area (Å²) in [6.45, 7) is 4.79. The van der Waals surface area contributed by atoms with Crippen molar-refractivity contribution in [2.24, 2.45) is 0 Å². The van der Waals surface area contributed by atoms with Gasteiger partial charge in [0.25, 0.3) is 0 Å². The minimum absolute atomic E-state index is 0.517. The second-order valence-electron chi connectivity index (χ2n) is 6.83. The van der Waals surface area contributed by atoms with Crippen LogP contribution in [0.4, 0.5) is 0 Å². The summed E-state index contributed by atoms with van der Waals surface area (Å²) in [4.78, 5) is 7.00. The number of pyridine rings is 1. The molecule has 4 rings (SSSR count). The van der Waals surface area contributed by atoms with Crippen molar-refractivity contribution in [3.05, 3.63) is 78.5 Å². The van der Waals surface area contributed by atoms with Crippen LogP contribution in [0.3, 0.4) is 0 Å². The van der Waals surface area contributed by atoms with E-state index in [1.807, 2.05) is 24.4 Å². The Kier molecular flexibility index (Phi) is 4.62. The van der Waals surface area contributed by atoms with E-state index in [1.54, 1.807) is 0 Å². The third-order valence-corrected chi connectivity index (χ3v) is 5.26. The van der Waals surface area contributed by atoms with E-state index in [-0.39, 0.29) is 0 Å². The van der Waals surface area contributed by atoms with Gasteiger partial charge in [-0.05, 0) is 61.7 Å². The molecule has 25 heavy (non-hydrogen) atoms. The van der Waals surface area contributed by atoms with Crippen molar-refractivity contribution in [1.82, 2.24) is 9.88 Å². The molecule has 0 N–H and O–H groups in total. The lowest BCUT2D eigenvalue weighted by Gasteiger charge is -2.24. The number of benzene rings is 2. The predicted octanol–water partition coefficient (Wildman–Crippen LogP) is 5.57. The average Bonchev–Trinajstić information content (AvgIpc) is 3.23. The zero-order valence-electron chi connectivity index (χ0n) is 14.7. The Hall–Kier alpha value is -2.45. The highest BCUT2D eigenvalue weighted by molar-refractivity contribution is 5.68. The SMILES string of the molecule is C[C@H](c1ccc(-c2ccc(-c3ccccn3)cc2)cc1)N1CCCC1. The normalized spacial score (nSPS) is 16.0. The molecular weight excluding hydrogens is 304 g/mol. The molecule has 2 nitrogen and oxygen atoms in total. The molecule has 126 valence electrons. The fraction of sp³-hybridized carbons (Fsp3) is 0.261. The number of rotatable bonds is 4. The quantitative estimate of drug-likeness (QED) is 0.622. The van der Waals surface area contributed by atoms with Crippen LogP contribution in [0.15, 0.2) is 72.9 Å². The molecule has 2 heterocycles. The zero-order chi connectivity index (χ0) is 17.1. The average molecular weight is 328 g/mol. The van der Waals surface area contributed by atoms with Crippen molar-refractivity contribution in [3.8, 4) is 22.4 Å². The van der Waals surface area contributed by atoms with Crippen molar-refractivity contribution >= 4 is 0 Å². The number of aromatic nitrogens is 1. The molecule has 1 atom stereocenters. The molecular formula is C23H24N2. The van der Waals surface area contributed by atoms with Crippen molar-refractivity contribution in [2.75, 3.05) is 13.1 Å². The molecule has 1 aliphatic heterocycles. The molecule has 0 saturated carbocycles. The lowest BCUT2D eigenvalue weighted by molar-refractivity contribution is 0.263. The first-order chi connectivity index (χ1) is 12.3. The van der Waals surface area contributed by atoms with Crippen molar-refractivity contribution in [1.29, 1.82) is 0 Å². The Bertz CT molecular complexity index is 801. The summed E-state index contributed by atoms with van der Waals surface area (Å²) in [6.07, 6.45) is 4.51. The van der Waals surface area contributed by atoms with Crippen LogP contribution in [0, 0.1) is 0 Å². The first-order valence-corrected chi connectivity index (χ1v) is 9.17. The second kappa shape index (κ2) is 7.20. The minimum atomic E-state index is 0.517. The van der Waals surface area contributed by atoms with E-state index in [2.05, 4.69) is 65.3 Å². The van der Waals surface area contributed by atoms with Crippen LogP contribution in [0.2, 0.25) is 0 Å². The molecule has 0 aliphatic carbocycles. The minimum Gasteiger partial charge on any atom is -0.297 e. The zero-order valence-corrected chi connectivity index (χ0v) is 14.7. The number of likely N-dealkylation sites (tertiary alicyclic amines) is 1. The summed E-state index contributed by atoms with van der Waals surface area (Å²) in [7, 11) is 0. The van der Waals surface area contributed by atoms with Gasteiger partial charge in [-0.3, -0.25) is 9.88 Å². The smallest absolute Gasteiger partial charge is 0.0701 e. The van der Waals surface area contributed by atoms with E-state index in [0.29, 0.717) is 6.04 Å². The van der Waals surface area contributed by atoms with Gasteiger partial charge in [0.05, 0.1) is 5.69 Å². The van der Waals surface area contributed by atoms with Gasteiger partial charge in [0, 0.05) is 17.8 Å². The topological polar surface area (TPSA) is 16.1 Å². The second-order valence-corrected chi connectivity index (χ2v) is 6.83. The van der Waals surface area contributed by atoms with Crippen LogP contribution in [0.5, 0.6) is 0 Å². The van der Waals surface area contributed by atoms with Gasteiger partial charge in [-0.1, -0.05) is 54.6 Å². The van der Waals surface area contributed by atoms with Gasteiger partial charge >= 0.3 is 0 Å². The molecule has 2 heteroatoms. The molecule has 0 radical (unpaired) electrons. The maximum Gasteiger partial charge on any atom is 0.0701 e. The van der Waals surface area contributed by atoms with Gasteiger partial charge in [0.1, 0.15) is 0 Å². The monoisotopic (exact) mass is 328 g/mol. The maximum absolute atomic E-state index is 4.42. The Balaban J connectivity index is 1.52. The summed E-state index contributed by atoms with van der Waals surface area (Å²) in [5, 5.41) is 0. The third kappa shape index (κ3) is 3.49. The van der Waals surface area contributed by atoms with E-state index in [9.17, 15) is 0 Å². The largest absolute Gasteiger partial charge is 0.297 e. The molecule has 1 fully saturated rings. The van der Waals surface area contributed by atoms with Crippen LogP contribution in [-0.4, -0.2) is 23.0 Å². The third-order valence-electron chi connectivity index (χ3n) is 5.26. The predicted molar refractivity (Wildman–Crippen MR) is 104 cm³/mol. The van der Waals surface area contributed by atoms with Crippen molar-refractivity contribution < 1.29 is 0 Å². The summed E-state index contributed by atoms with van der Waals surface area (Å²) in [5.41, 5.74) is 6.10. The number of nitrogens with zero attached hydrogens (tertiary/aromatic N) is 2. The molecule has 2 aromatic carbocycles. The van der Waals surface area contributed by atoms with Gasteiger partial charge in [0.2, 0.25) is 0 Å². The standard InChI is InChI=1S/C23H24N2/c1-18(25-16-4-5-17-25)19-7-9-20(10-8-19)21-11-13-22(14-12-21)23-6-2-3-15-24-23/h2-3,6-15,18H,4-5,16-17H2,1H3/t18-/m1/s1. The Labute approximate surface area is 150 Å². The Morgan fingerprint density at radius 2 is 1.36 bits per heavy atom. The Morgan fingerprint density at radius 1 is 0.760 bits per heavy atom. The number of hydrogen-bond donors (Lipinski definition) is 0. The van der Waals surface area contributed by atoms with Crippen LogP contribution >= 0.6 is 0 Å². The number of hydrogen-bond acceptors (Lipinski definition) is 2. The fourth-order valence-electron chi connectivity index (χ4n) is 3.66. The molecule has 0 spiro atoms. The van der Waals surface area contributed by atoms with Crippen LogP contribution in [0.25, 0.3) is 22.4 Å². The van der Waals surface area contributed by atoms with Crippen molar-refractivity contribution in [3.63, 3.8) is 0 Å². The van der Waals surface area contributed by atoms with Gasteiger partial charge < -0.3 is 0 Å². The summed E-state index contributed by atoms with van der Waals surface area (Å²) in [5.74, 6) is 0. The molecule has 1 aliphatic rings. The van der Waals surface area contributed by atoms with Crippen LogP contribution in [0.1, 0.15) is 31.4 Å². The van der Waals surface area contributed by atoms with Crippen molar-refractivity contribution in [2.45, 2.75) is 25.8 Å². The van der Waals surface area contributed by atoms with Gasteiger partial charge in [0.15, 0.2) is 0 Å². The highest BCUT2D eigenvalue weighted by atomic mass is 15.2. The highest BCUT2D eigenvalue weighted by Crippen LogP contribution is 2.28. The van der Waals surface area contributed by atoms with Gasteiger partial charge in [-0.15, -0.1) is 0 Å². The first kappa shape index (κ1) is 16.0. The summed E-state index contributed by atoms with van der Waals surface area (Å²) in [6, 6.07) is 24.3. The van der Waals surface area contributed by atoms with Gasteiger partial charge in [-0.2, -0.15) is 0 Å². The lowest BCUT2D eigenvalue weighted by Crippen LogP contribution is -2.23. The first-order valence-electron chi connectivity index (χ1n) is 9.17. The van der Waals surface area contributed by atoms with E-state index < -0.39 is 0 Å². The van der Waals surface area contributed by atoms with E-state index in [0.717, 1.165) is 11.3 Å².